The van der Waals surface area contributed by atoms with Crippen molar-refractivity contribution in [2.45, 2.75) is 47.0 Å². The van der Waals surface area contributed by atoms with E-state index in [1.54, 1.807) is 24.7 Å². The summed E-state index contributed by atoms with van der Waals surface area (Å²) in [5.74, 6) is 0.686. The molecule has 5 aromatic heterocycles. The van der Waals surface area contributed by atoms with E-state index in [1.807, 2.05) is 40.9 Å². The van der Waals surface area contributed by atoms with Crippen LogP contribution in [0.15, 0.2) is 78.1 Å². The second-order valence-corrected chi connectivity index (χ2v) is 10.7. The zero-order chi connectivity index (χ0) is 27.7. The SMILES string of the molecule is Cc1cc(C)c(-c2cc(=O)nc3c4[c-]cc(C(C)(C)C)nc4ccn23)c(C)c1.[Ir].c1ccc(-c2ncc[n-]2)nc1. The van der Waals surface area contributed by atoms with E-state index in [2.05, 4.69) is 79.7 Å². The molecule has 6 aromatic rings. The quantitative estimate of drug-likeness (QED) is 0.162. The number of aryl methyl sites for hydroxylation is 3. The second-order valence-electron chi connectivity index (χ2n) is 10.7. The van der Waals surface area contributed by atoms with E-state index < -0.39 is 0 Å². The van der Waals surface area contributed by atoms with Crippen molar-refractivity contribution in [3.8, 4) is 22.8 Å². The molecule has 0 fully saturated rings. The molecule has 0 saturated heterocycles. The number of aromatic nitrogens is 6. The third-order valence-electron chi connectivity index (χ3n) is 6.48. The Bertz CT molecular complexity index is 1820. The first-order valence-electron chi connectivity index (χ1n) is 12.8. The minimum absolute atomic E-state index is 0. The molecule has 40 heavy (non-hydrogen) atoms. The summed E-state index contributed by atoms with van der Waals surface area (Å²) >= 11 is 0. The first-order valence-corrected chi connectivity index (χ1v) is 12.8. The normalized spacial score (nSPS) is 11.2. The van der Waals surface area contributed by atoms with Gasteiger partial charge in [-0.05, 0) is 72.7 Å². The maximum absolute atomic E-state index is 12.5. The Hall–Kier alpha value is -4.00. The number of pyridine rings is 3. The van der Waals surface area contributed by atoms with Crippen LogP contribution in [0.1, 0.15) is 43.2 Å². The van der Waals surface area contributed by atoms with Crippen molar-refractivity contribution in [1.29, 1.82) is 0 Å². The fraction of sp³-hybridized carbons (Fsp3) is 0.219. The zero-order valence-corrected chi connectivity index (χ0v) is 25.7. The van der Waals surface area contributed by atoms with Crippen LogP contribution >= 0.6 is 0 Å². The van der Waals surface area contributed by atoms with Crippen molar-refractivity contribution in [3.63, 3.8) is 0 Å². The largest absolute Gasteiger partial charge is 0.441 e. The molecule has 0 atom stereocenters. The van der Waals surface area contributed by atoms with Crippen molar-refractivity contribution < 1.29 is 20.1 Å². The Morgan fingerprint density at radius 2 is 1.68 bits per heavy atom. The van der Waals surface area contributed by atoms with Gasteiger partial charge in [-0.2, -0.15) is 0 Å². The number of nitrogens with zero attached hydrogens (tertiary/aromatic N) is 6. The van der Waals surface area contributed by atoms with E-state index in [9.17, 15) is 4.79 Å². The molecule has 0 spiro atoms. The Balaban J connectivity index is 0.000000258. The third kappa shape index (κ3) is 5.93. The average molecular weight is 707 g/mol. The Kier molecular flexibility index (Phi) is 8.42. The summed E-state index contributed by atoms with van der Waals surface area (Å²) in [7, 11) is 0. The van der Waals surface area contributed by atoms with Crippen molar-refractivity contribution in [1.82, 2.24) is 29.3 Å². The molecule has 7 nitrogen and oxygen atoms in total. The van der Waals surface area contributed by atoms with Gasteiger partial charge in [0.1, 0.15) is 0 Å². The van der Waals surface area contributed by atoms with Crippen molar-refractivity contribution in [2.24, 2.45) is 0 Å². The molecule has 0 aliphatic heterocycles. The summed E-state index contributed by atoms with van der Waals surface area (Å²) in [5.41, 5.74) is 8.26. The van der Waals surface area contributed by atoms with Crippen LogP contribution in [-0.4, -0.2) is 24.3 Å². The van der Waals surface area contributed by atoms with E-state index in [1.165, 1.54) is 5.56 Å². The van der Waals surface area contributed by atoms with Gasteiger partial charge < -0.3 is 19.4 Å². The first kappa shape index (κ1) is 29.0. The van der Waals surface area contributed by atoms with E-state index in [-0.39, 0.29) is 31.1 Å². The molecule has 6 rings (SSSR count). The van der Waals surface area contributed by atoms with Gasteiger partial charge in [0.15, 0.2) is 0 Å². The molecule has 0 unspecified atom stereocenters. The number of benzene rings is 1. The molecule has 0 bridgehead atoms. The summed E-state index contributed by atoms with van der Waals surface area (Å²) in [5, 5.41) is 0.761. The molecular weight excluding hydrogens is 677 g/mol. The predicted molar refractivity (Wildman–Crippen MR) is 155 cm³/mol. The Labute approximate surface area is 247 Å². The number of hydrogen-bond acceptors (Lipinski definition) is 5. The van der Waals surface area contributed by atoms with Crippen LogP contribution in [0.4, 0.5) is 0 Å². The fourth-order valence-corrected chi connectivity index (χ4v) is 4.72. The molecule has 1 radical (unpaired) electrons. The zero-order valence-electron chi connectivity index (χ0n) is 23.4. The molecule has 8 heteroatoms. The average Bonchev–Trinajstić information content (AvgIpc) is 3.43. The van der Waals surface area contributed by atoms with Gasteiger partial charge in [-0.1, -0.05) is 68.4 Å². The minimum atomic E-state index is -0.254. The molecule has 0 saturated carbocycles. The van der Waals surface area contributed by atoms with Gasteiger partial charge in [-0.15, -0.1) is 12.1 Å². The van der Waals surface area contributed by atoms with Crippen molar-refractivity contribution >= 4 is 16.6 Å². The standard InChI is InChI=1S/C24H24N3O.C8H6N3.Ir/c1-14-11-15(2)22(16(3)12-14)19-13-21(28)26-23-17-7-8-20(24(4,5)6)25-18(17)9-10-27(19)23;1-2-4-9-7(3-1)8-10-5-6-11-8;/h8-13H,1-6H3;1-6H;/q2*-1;. The van der Waals surface area contributed by atoms with Crippen LogP contribution in [0.25, 0.3) is 39.3 Å². The summed E-state index contributed by atoms with van der Waals surface area (Å²) < 4.78 is 1.98. The van der Waals surface area contributed by atoms with Crippen LogP contribution in [0, 0.1) is 26.8 Å². The van der Waals surface area contributed by atoms with Gasteiger partial charge in [0.2, 0.25) is 0 Å². The minimum Gasteiger partial charge on any atom is -0.441 e. The van der Waals surface area contributed by atoms with Crippen LogP contribution in [-0.2, 0) is 25.5 Å². The van der Waals surface area contributed by atoms with E-state index in [0.29, 0.717) is 11.5 Å². The molecular formula is C32H30IrN6O-2. The number of hydrogen-bond donors (Lipinski definition) is 0. The fourth-order valence-electron chi connectivity index (χ4n) is 4.72. The molecule has 0 amide bonds. The molecule has 0 N–H and O–H groups in total. The number of fused-ring (bicyclic) bond motifs is 3. The number of imidazole rings is 1. The Morgan fingerprint density at radius 3 is 2.30 bits per heavy atom. The van der Waals surface area contributed by atoms with Crippen LogP contribution in [0.2, 0.25) is 0 Å². The first-order chi connectivity index (χ1) is 18.6. The summed E-state index contributed by atoms with van der Waals surface area (Å²) in [6, 6.07) is 18.8. The topological polar surface area (TPSA) is 87.1 Å². The van der Waals surface area contributed by atoms with Gasteiger partial charge in [-0.3, -0.25) is 9.78 Å². The Morgan fingerprint density at radius 1 is 0.925 bits per heavy atom. The van der Waals surface area contributed by atoms with Gasteiger partial charge >= 0.3 is 0 Å². The molecule has 0 aliphatic rings. The van der Waals surface area contributed by atoms with Gasteiger partial charge in [0.05, 0.1) is 17.0 Å². The van der Waals surface area contributed by atoms with E-state index in [0.717, 1.165) is 44.7 Å². The van der Waals surface area contributed by atoms with Gasteiger partial charge in [0, 0.05) is 37.9 Å². The second kappa shape index (κ2) is 11.6. The summed E-state index contributed by atoms with van der Waals surface area (Å²) in [6.07, 6.45) is 6.99. The molecule has 205 valence electrons. The molecule has 0 aliphatic carbocycles. The third-order valence-corrected chi connectivity index (χ3v) is 6.48. The van der Waals surface area contributed by atoms with Crippen molar-refractivity contribution in [3.05, 3.63) is 112 Å². The summed E-state index contributed by atoms with van der Waals surface area (Å²) in [4.78, 5) is 33.7. The van der Waals surface area contributed by atoms with Crippen molar-refractivity contribution in [2.75, 3.05) is 0 Å². The van der Waals surface area contributed by atoms with E-state index >= 15 is 0 Å². The van der Waals surface area contributed by atoms with Crippen LogP contribution in [0.5, 0.6) is 0 Å². The van der Waals surface area contributed by atoms with Gasteiger partial charge in [-0.25, -0.2) is 4.98 Å². The molecule has 5 heterocycles. The maximum Gasteiger partial charge on any atom is 0.264 e. The van der Waals surface area contributed by atoms with E-state index in [4.69, 9.17) is 4.98 Å². The molecule has 1 aromatic carbocycles. The number of rotatable bonds is 2. The summed E-state index contributed by atoms with van der Waals surface area (Å²) in [6.45, 7) is 12.6. The smallest absolute Gasteiger partial charge is 0.264 e. The monoisotopic (exact) mass is 707 g/mol. The van der Waals surface area contributed by atoms with Gasteiger partial charge in [0.25, 0.3) is 5.56 Å². The van der Waals surface area contributed by atoms with Crippen LogP contribution < -0.4 is 10.5 Å². The predicted octanol–water partition coefficient (Wildman–Crippen LogP) is 6.03. The van der Waals surface area contributed by atoms with Crippen LogP contribution in [0.3, 0.4) is 0 Å². The maximum atomic E-state index is 12.5.